The summed E-state index contributed by atoms with van der Waals surface area (Å²) in [4.78, 5) is 12.3. The summed E-state index contributed by atoms with van der Waals surface area (Å²) in [6.45, 7) is 0.228. The molecular weight excluding hydrogens is 531 g/mol. The van der Waals surface area contributed by atoms with Gasteiger partial charge in [-0.15, -0.1) is 0 Å². The second-order valence-corrected chi connectivity index (χ2v) is 8.60. The summed E-state index contributed by atoms with van der Waals surface area (Å²) in [5.74, 6) is 0.719. The van der Waals surface area contributed by atoms with Crippen LogP contribution in [0.3, 0.4) is 0 Å². The van der Waals surface area contributed by atoms with E-state index in [0.29, 0.717) is 37.2 Å². The predicted octanol–water partition coefficient (Wildman–Crippen LogP) is 6.85. The van der Waals surface area contributed by atoms with Crippen LogP contribution in [0.5, 0.6) is 11.5 Å². The molecule has 0 atom stereocenters. The average Bonchev–Trinajstić information content (AvgIpc) is 3.23. The summed E-state index contributed by atoms with van der Waals surface area (Å²) in [6.07, 6.45) is 1.49. The minimum Gasteiger partial charge on any atom is -0.493 e. The van der Waals surface area contributed by atoms with E-state index in [-0.39, 0.29) is 12.4 Å². The monoisotopic (exact) mass is 546 g/mol. The standard InChI is InChI=1S/C24H17BrCl2N2O4/c1-31-21-9-14(8-18(25)23(21)32-13-16-6-7-17(26)11-19(16)27)12-28-29-24(30)22-10-15-4-2-3-5-20(15)33-22/h2-12H,13H2,1H3,(H,29,30)/b28-12+. The van der Waals surface area contributed by atoms with Crippen LogP contribution < -0.4 is 14.9 Å². The van der Waals surface area contributed by atoms with Crippen molar-refractivity contribution in [3.05, 3.63) is 92.1 Å². The first kappa shape index (κ1) is 23.2. The molecule has 6 nitrogen and oxygen atoms in total. The van der Waals surface area contributed by atoms with Gasteiger partial charge in [0, 0.05) is 21.0 Å². The number of nitrogens with zero attached hydrogens (tertiary/aromatic N) is 1. The number of ether oxygens (including phenoxy) is 2. The van der Waals surface area contributed by atoms with Crippen molar-refractivity contribution >= 4 is 62.2 Å². The first-order valence-corrected chi connectivity index (χ1v) is 11.3. The Kier molecular flexibility index (Phi) is 7.23. The van der Waals surface area contributed by atoms with Crippen molar-refractivity contribution < 1.29 is 18.7 Å². The number of amides is 1. The summed E-state index contributed by atoms with van der Waals surface area (Å²) < 4.78 is 17.6. The molecule has 0 unspecified atom stereocenters. The number of hydrazone groups is 1. The Hall–Kier alpha value is -3.00. The van der Waals surface area contributed by atoms with Crippen molar-refractivity contribution in [2.24, 2.45) is 5.10 Å². The Morgan fingerprint density at radius 3 is 2.73 bits per heavy atom. The van der Waals surface area contributed by atoms with Gasteiger partial charge >= 0.3 is 5.91 Å². The molecule has 168 valence electrons. The Morgan fingerprint density at radius 1 is 1.15 bits per heavy atom. The highest BCUT2D eigenvalue weighted by atomic mass is 79.9. The highest BCUT2D eigenvalue weighted by molar-refractivity contribution is 9.10. The largest absolute Gasteiger partial charge is 0.493 e. The van der Waals surface area contributed by atoms with Crippen molar-refractivity contribution in [1.29, 1.82) is 0 Å². The predicted molar refractivity (Wildman–Crippen MR) is 133 cm³/mol. The molecule has 0 bridgehead atoms. The van der Waals surface area contributed by atoms with E-state index in [9.17, 15) is 4.79 Å². The molecule has 0 aliphatic rings. The van der Waals surface area contributed by atoms with Gasteiger partial charge in [-0.2, -0.15) is 5.10 Å². The van der Waals surface area contributed by atoms with Crippen LogP contribution in [0, 0.1) is 0 Å². The maximum atomic E-state index is 12.3. The normalized spacial score (nSPS) is 11.2. The van der Waals surface area contributed by atoms with Crippen LogP contribution in [0.25, 0.3) is 11.0 Å². The molecule has 0 fully saturated rings. The first-order chi connectivity index (χ1) is 15.9. The molecule has 1 N–H and O–H groups in total. The number of carbonyl (C=O) groups is 1. The third-order valence-electron chi connectivity index (χ3n) is 4.67. The molecule has 1 heterocycles. The lowest BCUT2D eigenvalue weighted by molar-refractivity contribution is 0.0929. The zero-order valence-electron chi connectivity index (χ0n) is 17.3. The van der Waals surface area contributed by atoms with Crippen molar-refractivity contribution in [3.8, 4) is 11.5 Å². The number of fused-ring (bicyclic) bond motifs is 1. The Balaban J connectivity index is 1.45. The van der Waals surface area contributed by atoms with Crippen molar-refractivity contribution in [1.82, 2.24) is 5.43 Å². The fourth-order valence-electron chi connectivity index (χ4n) is 3.06. The number of nitrogens with one attached hydrogen (secondary N) is 1. The van der Waals surface area contributed by atoms with Crippen LogP contribution in [-0.2, 0) is 6.61 Å². The summed E-state index contributed by atoms with van der Waals surface area (Å²) in [5, 5.41) is 5.93. The fraction of sp³-hybridized carbons (Fsp3) is 0.0833. The lowest BCUT2D eigenvalue weighted by atomic mass is 10.2. The summed E-state index contributed by atoms with van der Waals surface area (Å²) in [5.41, 5.74) is 4.56. The second-order valence-electron chi connectivity index (χ2n) is 6.91. The van der Waals surface area contributed by atoms with Crippen LogP contribution in [0.15, 0.2) is 74.7 Å². The lowest BCUT2D eigenvalue weighted by Gasteiger charge is -2.14. The third kappa shape index (κ3) is 5.50. The van der Waals surface area contributed by atoms with Gasteiger partial charge in [-0.05, 0) is 57.9 Å². The van der Waals surface area contributed by atoms with E-state index in [1.165, 1.54) is 13.3 Å². The molecule has 4 rings (SSSR count). The maximum Gasteiger partial charge on any atom is 0.307 e. The third-order valence-corrected chi connectivity index (χ3v) is 5.84. The molecular formula is C24H17BrCl2N2O4. The molecule has 4 aromatic rings. The van der Waals surface area contributed by atoms with Crippen LogP contribution in [-0.4, -0.2) is 19.2 Å². The SMILES string of the molecule is COc1cc(/C=N/NC(=O)c2cc3ccccc3o2)cc(Br)c1OCc1ccc(Cl)cc1Cl. The van der Waals surface area contributed by atoms with Gasteiger partial charge in [0.05, 0.1) is 17.8 Å². The van der Waals surface area contributed by atoms with E-state index in [0.717, 1.165) is 10.9 Å². The van der Waals surface area contributed by atoms with Crippen molar-refractivity contribution in [2.45, 2.75) is 6.61 Å². The molecule has 0 saturated carbocycles. The summed E-state index contributed by atoms with van der Waals surface area (Å²) in [6, 6.07) is 17.8. The smallest absolute Gasteiger partial charge is 0.307 e. The highest BCUT2D eigenvalue weighted by Crippen LogP contribution is 2.37. The zero-order valence-corrected chi connectivity index (χ0v) is 20.4. The Labute approximate surface area is 208 Å². The van der Waals surface area contributed by atoms with Crippen molar-refractivity contribution in [2.75, 3.05) is 7.11 Å². The number of hydrogen-bond donors (Lipinski definition) is 1. The minimum absolute atomic E-state index is 0.178. The molecule has 3 aromatic carbocycles. The van der Waals surface area contributed by atoms with E-state index in [2.05, 4.69) is 26.5 Å². The van der Waals surface area contributed by atoms with E-state index in [4.69, 9.17) is 37.1 Å². The van der Waals surface area contributed by atoms with Gasteiger partial charge in [-0.25, -0.2) is 5.43 Å². The summed E-state index contributed by atoms with van der Waals surface area (Å²) >= 11 is 15.7. The number of benzene rings is 3. The van der Waals surface area contributed by atoms with Crippen LogP contribution in [0.1, 0.15) is 21.7 Å². The van der Waals surface area contributed by atoms with Gasteiger partial charge in [0.1, 0.15) is 12.2 Å². The van der Waals surface area contributed by atoms with Crippen LogP contribution >= 0.6 is 39.1 Å². The van der Waals surface area contributed by atoms with E-state index < -0.39 is 5.91 Å². The van der Waals surface area contributed by atoms with Gasteiger partial charge in [0.2, 0.25) is 0 Å². The van der Waals surface area contributed by atoms with Crippen LogP contribution in [0.2, 0.25) is 10.0 Å². The second kappa shape index (κ2) is 10.3. The minimum atomic E-state index is -0.451. The molecule has 33 heavy (non-hydrogen) atoms. The van der Waals surface area contributed by atoms with Crippen LogP contribution in [0.4, 0.5) is 0 Å². The number of hydrogen-bond acceptors (Lipinski definition) is 5. The number of furan rings is 1. The topological polar surface area (TPSA) is 73.1 Å². The van der Waals surface area contributed by atoms with E-state index in [1.54, 1.807) is 42.5 Å². The molecule has 1 aromatic heterocycles. The van der Waals surface area contributed by atoms with Gasteiger partial charge in [0.15, 0.2) is 17.3 Å². The van der Waals surface area contributed by atoms with Gasteiger partial charge in [-0.1, -0.05) is 47.5 Å². The maximum absolute atomic E-state index is 12.3. The summed E-state index contributed by atoms with van der Waals surface area (Å²) in [7, 11) is 1.54. The Bertz CT molecular complexity index is 1320. The number of halogens is 3. The highest BCUT2D eigenvalue weighted by Gasteiger charge is 2.14. The van der Waals surface area contributed by atoms with E-state index >= 15 is 0 Å². The zero-order chi connectivity index (χ0) is 23.4. The average molecular weight is 548 g/mol. The Morgan fingerprint density at radius 2 is 1.97 bits per heavy atom. The van der Waals surface area contributed by atoms with Gasteiger partial charge in [0.25, 0.3) is 0 Å². The van der Waals surface area contributed by atoms with Crippen molar-refractivity contribution in [3.63, 3.8) is 0 Å². The number of carbonyl (C=O) groups excluding carboxylic acids is 1. The molecule has 0 spiro atoms. The molecule has 0 aliphatic heterocycles. The fourth-order valence-corrected chi connectivity index (χ4v) is 4.09. The van der Waals surface area contributed by atoms with E-state index in [1.807, 2.05) is 18.2 Å². The first-order valence-electron chi connectivity index (χ1n) is 9.71. The number of rotatable bonds is 7. The molecule has 0 aliphatic carbocycles. The quantitative estimate of drug-likeness (QED) is 0.203. The van der Waals surface area contributed by atoms with Gasteiger partial charge < -0.3 is 13.9 Å². The molecule has 0 saturated heterocycles. The van der Waals surface area contributed by atoms with Gasteiger partial charge in [-0.3, -0.25) is 4.79 Å². The number of para-hydroxylation sites is 1. The number of methoxy groups -OCH3 is 1. The molecule has 1 amide bonds. The molecule has 0 radical (unpaired) electrons. The molecule has 9 heteroatoms. The lowest BCUT2D eigenvalue weighted by Crippen LogP contribution is -2.16.